The maximum Gasteiger partial charge on any atom is 0.239 e. The van der Waals surface area contributed by atoms with Crippen LogP contribution in [-0.2, 0) is 16.0 Å². The summed E-state index contributed by atoms with van der Waals surface area (Å²) in [5, 5.41) is 0. The van der Waals surface area contributed by atoms with E-state index in [0.29, 0.717) is 24.7 Å². The number of rotatable bonds is 5. The molecule has 26 heavy (non-hydrogen) atoms. The van der Waals surface area contributed by atoms with Gasteiger partial charge in [-0.1, -0.05) is 30.3 Å². The second-order valence-electron chi connectivity index (χ2n) is 7.36. The summed E-state index contributed by atoms with van der Waals surface area (Å²) in [6.07, 6.45) is 5.37. The van der Waals surface area contributed by atoms with Gasteiger partial charge in [-0.05, 0) is 43.6 Å². The summed E-state index contributed by atoms with van der Waals surface area (Å²) in [7, 11) is 0. The molecule has 0 aromatic heterocycles. The predicted octanol–water partition coefficient (Wildman–Crippen LogP) is 2.23. The van der Waals surface area contributed by atoms with Crippen molar-refractivity contribution in [3.8, 4) is 0 Å². The van der Waals surface area contributed by atoms with Crippen molar-refractivity contribution in [2.45, 2.75) is 44.6 Å². The minimum atomic E-state index is -0.470. The summed E-state index contributed by atoms with van der Waals surface area (Å²) in [4.78, 5) is 28.5. The molecule has 0 aliphatic carbocycles. The lowest BCUT2D eigenvalue weighted by atomic mass is 9.94. The van der Waals surface area contributed by atoms with Crippen molar-refractivity contribution >= 4 is 24.2 Å². The Morgan fingerprint density at radius 1 is 1.12 bits per heavy atom. The number of piperidine rings is 2. The first-order valence-electron chi connectivity index (χ1n) is 9.49. The van der Waals surface area contributed by atoms with Crippen molar-refractivity contribution in [1.29, 1.82) is 0 Å². The lowest BCUT2D eigenvalue weighted by Gasteiger charge is -2.37. The Kier molecular flexibility index (Phi) is 7.91. The van der Waals surface area contributed by atoms with Crippen LogP contribution in [0.3, 0.4) is 0 Å². The molecule has 1 aromatic rings. The maximum atomic E-state index is 12.6. The Hall–Kier alpha value is -1.59. The molecule has 2 N–H and O–H groups in total. The van der Waals surface area contributed by atoms with E-state index in [2.05, 4.69) is 0 Å². The molecule has 6 heteroatoms. The van der Waals surface area contributed by atoms with Crippen molar-refractivity contribution < 1.29 is 9.59 Å². The van der Waals surface area contributed by atoms with E-state index < -0.39 is 6.04 Å². The minimum absolute atomic E-state index is 0. The van der Waals surface area contributed by atoms with Crippen molar-refractivity contribution in [1.82, 2.24) is 9.80 Å². The number of hydrogen-bond donors (Lipinski definition) is 1. The van der Waals surface area contributed by atoms with Gasteiger partial charge in [-0.2, -0.15) is 0 Å². The van der Waals surface area contributed by atoms with Crippen LogP contribution in [0.5, 0.6) is 0 Å². The molecule has 2 saturated heterocycles. The molecule has 3 rings (SSSR count). The van der Waals surface area contributed by atoms with Crippen molar-refractivity contribution in [2.24, 2.45) is 11.7 Å². The quantitative estimate of drug-likeness (QED) is 0.853. The van der Waals surface area contributed by atoms with E-state index in [1.54, 1.807) is 0 Å². The highest BCUT2D eigenvalue weighted by Gasteiger charge is 2.28. The number of hydrogen-bond acceptors (Lipinski definition) is 3. The first-order chi connectivity index (χ1) is 12.1. The average molecular weight is 380 g/mol. The highest BCUT2D eigenvalue weighted by Crippen LogP contribution is 2.21. The fourth-order valence-electron chi connectivity index (χ4n) is 3.89. The van der Waals surface area contributed by atoms with E-state index in [1.807, 2.05) is 40.1 Å². The van der Waals surface area contributed by atoms with Gasteiger partial charge in [0.05, 0.1) is 6.04 Å². The predicted molar refractivity (Wildman–Crippen MR) is 105 cm³/mol. The molecule has 2 heterocycles. The molecule has 2 amide bonds. The van der Waals surface area contributed by atoms with E-state index in [4.69, 9.17) is 5.73 Å². The van der Waals surface area contributed by atoms with Gasteiger partial charge in [-0.15, -0.1) is 12.4 Å². The topological polar surface area (TPSA) is 66.6 Å². The maximum absolute atomic E-state index is 12.6. The fraction of sp³-hybridized carbons (Fsp3) is 0.600. The van der Waals surface area contributed by atoms with Crippen LogP contribution in [0.15, 0.2) is 30.3 Å². The average Bonchev–Trinajstić information content (AvgIpc) is 2.64. The van der Waals surface area contributed by atoms with Gasteiger partial charge < -0.3 is 15.5 Å². The number of nitrogens with zero attached hydrogens (tertiary/aromatic N) is 2. The molecule has 144 valence electrons. The first kappa shape index (κ1) is 20.7. The molecule has 2 aliphatic heterocycles. The number of likely N-dealkylation sites (tertiary alicyclic amines) is 2. The molecule has 1 atom stereocenters. The van der Waals surface area contributed by atoms with E-state index in [0.717, 1.165) is 57.4 Å². The SMILES string of the molecule is Cl.N[C@@H](Cc1ccccc1)C(=O)N1CCC(CN2CCCCC2=O)CC1. The van der Waals surface area contributed by atoms with Crippen LogP contribution < -0.4 is 5.73 Å². The zero-order valence-corrected chi connectivity index (χ0v) is 16.1. The molecular formula is C20H30ClN3O2. The first-order valence-corrected chi connectivity index (χ1v) is 9.49. The molecule has 2 fully saturated rings. The summed E-state index contributed by atoms with van der Waals surface area (Å²) >= 11 is 0. The second-order valence-corrected chi connectivity index (χ2v) is 7.36. The van der Waals surface area contributed by atoms with Crippen LogP contribution in [-0.4, -0.2) is 53.8 Å². The standard InChI is InChI=1S/C20H29N3O2.ClH/c21-18(14-16-6-2-1-3-7-16)20(25)22-12-9-17(10-13-22)15-23-11-5-4-8-19(23)24;/h1-3,6-7,17-18H,4-5,8-15,21H2;1H/t18-;/m0./s1. The molecule has 0 unspecified atom stereocenters. The van der Waals surface area contributed by atoms with E-state index >= 15 is 0 Å². The van der Waals surface area contributed by atoms with Crippen LogP contribution in [0.1, 0.15) is 37.7 Å². The summed E-state index contributed by atoms with van der Waals surface area (Å²) in [5.41, 5.74) is 7.24. The Morgan fingerprint density at radius 2 is 1.81 bits per heavy atom. The molecular weight excluding hydrogens is 350 g/mol. The van der Waals surface area contributed by atoms with Crippen LogP contribution in [0, 0.1) is 5.92 Å². The smallest absolute Gasteiger partial charge is 0.239 e. The molecule has 5 nitrogen and oxygen atoms in total. The highest BCUT2D eigenvalue weighted by molar-refractivity contribution is 5.85. The molecule has 0 radical (unpaired) electrons. The zero-order valence-electron chi connectivity index (χ0n) is 15.3. The Morgan fingerprint density at radius 3 is 2.46 bits per heavy atom. The number of nitrogens with two attached hydrogens (primary N) is 1. The number of carbonyl (C=O) groups excluding carboxylic acids is 2. The normalized spacial score (nSPS) is 19.8. The van der Waals surface area contributed by atoms with Gasteiger partial charge in [0, 0.05) is 32.6 Å². The van der Waals surface area contributed by atoms with Gasteiger partial charge in [0.2, 0.25) is 11.8 Å². The van der Waals surface area contributed by atoms with E-state index in [1.165, 1.54) is 0 Å². The second kappa shape index (κ2) is 9.93. The van der Waals surface area contributed by atoms with Crippen LogP contribution in [0.4, 0.5) is 0 Å². The minimum Gasteiger partial charge on any atom is -0.342 e. The van der Waals surface area contributed by atoms with E-state index in [9.17, 15) is 9.59 Å². The summed E-state index contributed by atoms with van der Waals surface area (Å²) in [6.45, 7) is 3.28. The third-order valence-corrected chi connectivity index (χ3v) is 5.44. The van der Waals surface area contributed by atoms with Gasteiger partial charge in [0.25, 0.3) is 0 Å². The highest BCUT2D eigenvalue weighted by atomic mass is 35.5. The Labute approximate surface area is 162 Å². The van der Waals surface area contributed by atoms with Crippen LogP contribution >= 0.6 is 12.4 Å². The number of amides is 2. The number of benzene rings is 1. The number of halogens is 1. The third-order valence-electron chi connectivity index (χ3n) is 5.44. The summed E-state index contributed by atoms with van der Waals surface area (Å²) in [5.74, 6) is 0.863. The number of carbonyl (C=O) groups is 2. The van der Waals surface area contributed by atoms with Gasteiger partial charge in [-0.3, -0.25) is 9.59 Å². The van der Waals surface area contributed by atoms with Crippen molar-refractivity contribution in [2.75, 3.05) is 26.2 Å². The fourth-order valence-corrected chi connectivity index (χ4v) is 3.89. The van der Waals surface area contributed by atoms with Crippen molar-refractivity contribution in [3.05, 3.63) is 35.9 Å². The van der Waals surface area contributed by atoms with Crippen LogP contribution in [0.25, 0.3) is 0 Å². The lowest BCUT2D eigenvalue weighted by molar-refractivity contribution is -0.136. The van der Waals surface area contributed by atoms with Crippen LogP contribution in [0.2, 0.25) is 0 Å². The van der Waals surface area contributed by atoms with Crippen molar-refractivity contribution in [3.63, 3.8) is 0 Å². The van der Waals surface area contributed by atoms with E-state index in [-0.39, 0.29) is 18.3 Å². The zero-order chi connectivity index (χ0) is 17.6. The molecule has 0 spiro atoms. The molecule has 2 aliphatic rings. The third kappa shape index (κ3) is 5.45. The molecule has 0 saturated carbocycles. The Bertz CT molecular complexity index is 588. The lowest BCUT2D eigenvalue weighted by Crippen LogP contribution is -2.49. The monoisotopic (exact) mass is 379 g/mol. The van der Waals surface area contributed by atoms with Gasteiger partial charge in [0.1, 0.15) is 0 Å². The van der Waals surface area contributed by atoms with Gasteiger partial charge >= 0.3 is 0 Å². The molecule has 1 aromatic carbocycles. The Balaban J connectivity index is 0.00000243. The molecule has 0 bridgehead atoms. The summed E-state index contributed by atoms with van der Waals surface area (Å²) in [6, 6.07) is 9.46. The van der Waals surface area contributed by atoms with Gasteiger partial charge in [0.15, 0.2) is 0 Å². The summed E-state index contributed by atoms with van der Waals surface area (Å²) < 4.78 is 0. The van der Waals surface area contributed by atoms with Gasteiger partial charge in [-0.25, -0.2) is 0 Å². The largest absolute Gasteiger partial charge is 0.342 e.